The molecule has 0 saturated heterocycles. The molecular weight excluding hydrogens is 228 g/mol. The lowest BCUT2D eigenvalue weighted by Gasteiger charge is -2.27. The zero-order valence-corrected chi connectivity index (χ0v) is 10.7. The van der Waals surface area contributed by atoms with Gasteiger partial charge in [-0.3, -0.25) is 0 Å². The van der Waals surface area contributed by atoms with Crippen LogP contribution in [0.2, 0.25) is 0 Å². The summed E-state index contributed by atoms with van der Waals surface area (Å²) in [5.41, 5.74) is 1.77. The average molecular weight is 246 g/mol. The molecular formula is C14H18N2O2. The van der Waals surface area contributed by atoms with E-state index in [9.17, 15) is 4.79 Å². The van der Waals surface area contributed by atoms with Crippen molar-refractivity contribution in [1.29, 1.82) is 0 Å². The van der Waals surface area contributed by atoms with Gasteiger partial charge in [0, 0.05) is 6.20 Å². The van der Waals surface area contributed by atoms with Crippen LogP contribution < -0.4 is 5.32 Å². The summed E-state index contributed by atoms with van der Waals surface area (Å²) >= 11 is 0. The molecule has 0 amide bonds. The van der Waals surface area contributed by atoms with Crippen LogP contribution in [-0.2, 0) is 9.53 Å². The molecule has 1 aliphatic heterocycles. The standard InChI is InChI=1S/C14H18N2O2/c1-3-18-14(17)13-9-15-10-16(13)11(2)12-7-5-4-6-8-12/h4-9,11,15H,3,10H2,1-2H3/t11-/m1/s1. The topological polar surface area (TPSA) is 41.6 Å². The molecule has 1 heterocycles. The molecule has 1 aromatic carbocycles. The molecule has 1 atom stereocenters. The molecule has 1 aliphatic rings. The summed E-state index contributed by atoms with van der Waals surface area (Å²) in [5, 5.41) is 3.08. The monoisotopic (exact) mass is 246 g/mol. The third-order valence-electron chi connectivity index (χ3n) is 3.04. The fourth-order valence-corrected chi connectivity index (χ4v) is 2.05. The smallest absolute Gasteiger partial charge is 0.356 e. The van der Waals surface area contributed by atoms with Gasteiger partial charge in [0.05, 0.1) is 19.3 Å². The maximum absolute atomic E-state index is 11.8. The predicted molar refractivity (Wildman–Crippen MR) is 69.4 cm³/mol. The van der Waals surface area contributed by atoms with Crippen molar-refractivity contribution < 1.29 is 9.53 Å². The van der Waals surface area contributed by atoms with Crippen molar-refractivity contribution in [2.45, 2.75) is 19.9 Å². The van der Waals surface area contributed by atoms with Gasteiger partial charge in [-0.1, -0.05) is 30.3 Å². The van der Waals surface area contributed by atoms with E-state index in [1.165, 1.54) is 5.56 Å². The Morgan fingerprint density at radius 3 is 2.83 bits per heavy atom. The molecule has 1 N–H and O–H groups in total. The van der Waals surface area contributed by atoms with E-state index < -0.39 is 0 Å². The molecule has 0 bridgehead atoms. The molecule has 0 unspecified atom stereocenters. The predicted octanol–water partition coefficient (Wildman–Crippen LogP) is 2.01. The van der Waals surface area contributed by atoms with Crippen LogP contribution in [0.1, 0.15) is 25.5 Å². The van der Waals surface area contributed by atoms with Gasteiger partial charge in [0.15, 0.2) is 0 Å². The lowest BCUT2D eigenvalue weighted by Crippen LogP contribution is -2.30. The number of rotatable bonds is 4. The van der Waals surface area contributed by atoms with Crippen LogP contribution in [0.15, 0.2) is 42.2 Å². The number of benzene rings is 1. The van der Waals surface area contributed by atoms with Crippen LogP contribution in [0.4, 0.5) is 0 Å². The van der Waals surface area contributed by atoms with Crippen LogP contribution in [0.5, 0.6) is 0 Å². The normalized spacial score (nSPS) is 15.9. The molecule has 18 heavy (non-hydrogen) atoms. The highest BCUT2D eigenvalue weighted by atomic mass is 16.5. The Kier molecular flexibility index (Phi) is 3.87. The molecule has 1 aromatic rings. The molecule has 0 aliphatic carbocycles. The number of carbonyl (C=O) groups is 1. The minimum Gasteiger partial charge on any atom is -0.461 e. The third kappa shape index (κ3) is 2.47. The lowest BCUT2D eigenvalue weighted by atomic mass is 10.1. The second-order valence-corrected chi connectivity index (χ2v) is 4.17. The van der Waals surface area contributed by atoms with Crippen LogP contribution in [0, 0.1) is 0 Å². The average Bonchev–Trinajstić information content (AvgIpc) is 2.88. The number of carbonyl (C=O) groups excluding carboxylic acids is 1. The Morgan fingerprint density at radius 2 is 2.17 bits per heavy atom. The van der Waals surface area contributed by atoms with Crippen LogP contribution >= 0.6 is 0 Å². The summed E-state index contributed by atoms with van der Waals surface area (Å²) in [6, 6.07) is 10.3. The summed E-state index contributed by atoms with van der Waals surface area (Å²) < 4.78 is 5.05. The van der Waals surface area contributed by atoms with Gasteiger partial charge in [-0.25, -0.2) is 4.79 Å². The van der Waals surface area contributed by atoms with Crippen LogP contribution in [-0.4, -0.2) is 24.1 Å². The van der Waals surface area contributed by atoms with Crippen molar-refractivity contribution in [1.82, 2.24) is 10.2 Å². The summed E-state index contributed by atoms with van der Waals surface area (Å²) in [7, 11) is 0. The Bertz CT molecular complexity index is 442. The van der Waals surface area contributed by atoms with Gasteiger partial charge in [-0.2, -0.15) is 0 Å². The Morgan fingerprint density at radius 1 is 1.44 bits per heavy atom. The van der Waals surface area contributed by atoms with Gasteiger partial charge in [-0.05, 0) is 19.4 Å². The molecule has 0 spiro atoms. The van der Waals surface area contributed by atoms with E-state index in [1.54, 1.807) is 6.20 Å². The first-order valence-corrected chi connectivity index (χ1v) is 6.16. The molecule has 96 valence electrons. The minimum absolute atomic E-state index is 0.136. The largest absolute Gasteiger partial charge is 0.461 e. The van der Waals surface area contributed by atoms with Crippen molar-refractivity contribution in [2.75, 3.05) is 13.3 Å². The number of ether oxygens (including phenoxy) is 1. The van der Waals surface area contributed by atoms with E-state index in [1.807, 2.05) is 30.0 Å². The van der Waals surface area contributed by atoms with Gasteiger partial charge in [0.2, 0.25) is 0 Å². The first-order valence-electron chi connectivity index (χ1n) is 6.16. The van der Waals surface area contributed by atoms with Crippen LogP contribution in [0.3, 0.4) is 0 Å². The highest BCUT2D eigenvalue weighted by Gasteiger charge is 2.27. The summed E-state index contributed by atoms with van der Waals surface area (Å²) in [6.07, 6.45) is 1.72. The van der Waals surface area contributed by atoms with Gasteiger partial charge < -0.3 is 15.0 Å². The van der Waals surface area contributed by atoms with E-state index in [2.05, 4.69) is 24.4 Å². The number of hydrogen-bond donors (Lipinski definition) is 1. The van der Waals surface area contributed by atoms with Crippen molar-refractivity contribution in [3.8, 4) is 0 Å². The van der Waals surface area contributed by atoms with Crippen molar-refractivity contribution >= 4 is 5.97 Å². The number of hydrogen-bond acceptors (Lipinski definition) is 4. The summed E-state index contributed by atoms with van der Waals surface area (Å²) in [4.78, 5) is 13.8. The molecule has 4 heteroatoms. The maximum Gasteiger partial charge on any atom is 0.356 e. The summed E-state index contributed by atoms with van der Waals surface area (Å²) in [6.45, 7) is 4.91. The third-order valence-corrected chi connectivity index (χ3v) is 3.04. The molecule has 4 nitrogen and oxygen atoms in total. The second kappa shape index (κ2) is 5.58. The van der Waals surface area contributed by atoms with Gasteiger partial charge >= 0.3 is 5.97 Å². The number of nitrogens with zero attached hydrogens (tertiary/aromatic N) is 1. The van der Waals surface area contributed by atoms with E-state index >= 15 is 0 Å². The lowest BCUT2D eigenvalue weighted by molar-refractivity contribution is -0.140. The first-order chi connectivity index (χ1) is 8.74. The fourth-order valence-electron chi connectivity index (χ4n) is 2.05. The van der Waals surface area contributed by atoms with Gasteiger partial charge in [0.1, 0.15) is 5.70 Å². The first kappa shape index (κ1) is 12.5. The quantitative estimate of drug-likeness (QED) is 0.825. The summed E-state index contributed by atoms with van der Waals surface area (Å²) in [5.74, 6) is -0.273. The Labute approximate surface area is 107 Å². The van der Waals surface area contributed by atoms with E-state index in [0.29, 0.717) is 19.0 Å². The molecule has 0 fully saturated rings. The molecule has 0 radical (unpaired) electrons. The van der Waals surface area contributed by atoms with Crippen LogP contribution in [0.25, 0.3) is 0 Å². The SMILES string of the molecule is CCOC(=O)C1=CNCN1[C@H](C)c1ccccc1. The maximum atomic E-state index is 11.8. The minimum atomic E-state index is -0.273. The van der Waals surface area contributed by atoms with E-state index in [4.69, 9.17) is 4.74 Å². The van der Waals surface area contributed by atoms with Crippen molar-refractivity contribution in [2.24, 2.45) is 0 Å². The van der Waals surface area contributed by atoms with Crippen molar-refractivity contribution in [3.63, 3.8) is 0 Å². The van der Waals surface area contributed by atoms with Crippen molar-refractivity contribution in [3.05, 3.63) is 47.8 Å². The van der Waals surface area contributed by atoms with Gasteiger partial charge in [-0.15, -0.1) is 0 Å². The Balaban J connectivity index is 2.14. The zero-order valence-electron chi connectivity index (χ0n) is 10.7. The van der Waals surface area contributed by atoms with E-state index in [0.717, 1.165) is 0 Å². The second-order valence-electron chi connectivity index (χ2n) is 4.17. The highest BCUT2D eigenvalue weighted by molar-refractivity contribution is 5.88. The number of nitrogens with one attached hydrogen (secondary N) is 1. The zero-order chi connectivity index (χ0) is 13.0. The van der Waals surface area contributed by atoms with Gasteiger partial charge in [0.25, 0.3) is 0 Å². The number of esters is 1. The molecule has 0 saturated carbocycles. The molecule has 0 aromatic heterocycles. The molecule has 2 rings (SSSR count). The van der Waals surface area contributed by atoms with E-state index in [-0.39, 0.29) is 12.0 Å². The Hall–Kier alpha value is -1.97. The highest BCUT2D eigenvalue weighted by Crippen LogP contribution is 2.25. The fraction of sp³-hybridized carbons (Fsp3) is 0.357.